The lowest BCUT2D eigenvalue weighted by molar-refractivity contribution is -0.660. The fraction of sp³-hybridized carbons (Fsp3) is 0.429. The largest absolute Gasteiger partial charge is 0.437 e. The maximum Gasteiger partial charge on any atom is 0.227 e. The number of rotatable bonds is 2. The molecular formula is C28H33N2O+. The van der Waals surface area contributed by atoms with Crippen molar-refractivity contribution >= 4 is 22.1 Å². The van der Waals surface area contributed by atoms with Crippen LogP contribution in [0.2, 0.25) is 0 Å². The third kappa shape index (κ3) is 2.93. The molecule has 0 bridgehead atoms. The average molecular weight is 414 g/mol. The van der Waals surface area contributed by atoms with Crippen molar-refractivity contribution in [2.24, 2.45) is 7.05 Å². The number of aryl methyl sites for hydroxylation is 3. The van der Waals surface area contributed by atoms with Gasteiger partial charge in [0.15, 0.2) is 11.8 Å². The van der Waals surface area contributed by atoms with E-state index in [4.69, 9.17) is 9.40 Å². The zero-order chi connectivity index (χ0) is 22.1. The number of fused-ring (bicyclic) bond motifs is 5. The van der Waals surface area contributed by atoms with Gasteiger partial charge in [0.2, 0.25) is 11.4 Å². The zero-order valence-electron chi connectivity index (χ0n) is 19.9. The van der Waals surface area contributed by atoms with Gasteiger partial charge in [-0.15, -0.1) is 0 Å². The molecule has 0 atom stereocenters. The normalized spacial score (nSPS) is 17.3. The molecule has 0 N–H and O–H groups in total. The summed E-state index contributed by atoms with van der Waals surface area (Å²) in [6.45, 7) is 13.8. The molecule has 0 unspecified atom stereocenters. The summed E-state index contributed by atoms with van der Waals surface area (Å²) in [5, 5.41) is 2.39. The highest BCUT2D eigenvalue weighted by Gasteiger charge is 2.40. The van der Waals surface area contributed by atoms with Gasteiger partial charge >= 0.3 is 0 Å². The molecule has 5 rings (SSSR count). The van der Waals surface area contributed by atoms with Gasteiger partial charge in [-0.25, -0.2) is 9.55 Å². The third-order valence-electron chi connectivity index (χ3n) is 7.52. The van der Waals surface area contributed by atoms with Crippen molar-refractivity contribution in [1.29, 1.82) is 0 Å². The lowest BCUT2D eigenvalue weighted by Crippen LogP contribution is -2.34. The van der Waals surface area contributed by atoms with E-state index < -0.39 is 0 Å². The van der Waals surface area contributed by atoms with Crippen molar-refractivity contribution in [3.63, 3.8) is 0 Å². The Bertz CT molecular complexity index is 1340. The number of hydrogen-bond donors (Lipinski definition) is 0. The van der Waals surface area contributed by atoms with E-state index in [-0.39, 0.29) is 10.8 Å². The second-order valence-corrected chi connectivity index (χ2v) is 10.6. The molecule has 3 nitrogen and oxygen atoms in total. The number of nitrogens with zero attached hydrogens (tertiary/aromatic N) is 2. The molecule has 0 saturated heterocycles. The molecular weight excluding hydrogens is 380 g/mol. The minimum absolute atomic E-state index is 0.0985. The van der Waals surface area contributed by atoms with E-state index in [9.17, 15) is 0 Å². The van der Waals surface area contributed by atoms with Crippen molar-refractivity contribution in [2.45, 2.75) is 71.6 Å². The Balaban J connectivity index is 1.89. The summed E-state index contributed by atoms with van der Waals surface area (Å²) in [5.41, 5.74) is 9.64. The average Bonchev–Trinajstić information content (AvgIpc) is 3.10. The van der Waals surface area contributed by atoms with E-state index in [0.717, 1.165) is 17.7 Å². The van der Waals surface area contributed by atoms with Gasteiger partial charge in [-0.3, -0.25) is 0 Å². The topological polar surface area (TPSA) is 29.9 Å². The SMILES string of the molecule is CCc1ccc(-c2c(C)ccc3c2oc2ncc4c(c23)C(C)(C)CCC4(C)C)[n+](C)c1. The monoisotopic (exact) mass is 413 g/mol. The molecule has 0 fully saturated rings. The van der Waals surface area contributed by atoms with Crippen LogP contribution < -0.4 is 4.57 Å². The van der Waals surface area contributed by atoms with Gasteiger partial charge in [-0.2, -0.15) is 0 Å². The van der Waals surface area contributed by atoms with E-state index in [0.29, 0.717) is 0 Å². The van der Waals surface area contributed by atoms with E-state index in [1.807, 2.05) is 0 Å². The Morgan fingerprint density at radius 2 is 1.77 bits per heavy atom. The van der Waals surface area contributed by atoms with Crippen LogP contribution in [0.25, 0.3) is 33.3 Å². The Morgan fingerprint density at radius 1 is 1.03 bits per heavy atom. The van der Waals surface area contributed by atoms with Crippen LogP contribution in [0.1, 0.15) is 69.7 Å². The predicted octanol–water partition coefficient (Wildman–Crippen LogP) is 6.69. The summed E-state index contributed by atoms with van der Waals surface area (Å²) in [7, 11) is 2.13. The quantitative estimate of drug-likeness (QED) is 0.343. The minimum atomic E-state index is 0.0985. The molecule has 0 saturated carbocycles. The second-order valence-electron chi connectivity index (χ2n) is 10.6. The van der Waals surface area contributed by atoms with Crippen molar-refractivity contribution in [1.82, 2.24) is 4.98 Å². The Hall–Kier alpha value is -2.68. The molecule has 0 spiro atoms. The standard InChI is InChI=1S/C28H33N2O/c1-8-18-10-12-21(30(7)16-18)22-17(2)9-11-19-23-24-20(15-29-26(23)31-25(19)22)27(3,4)13-14-28(24,5)6/h9-12,15-16H,8,13-14H2,1-7H3/q+1. The molecule has 3 heterocycles. The van der Waals surface area contributed by atoms with E-state index in [1.165, 1.54) is 57.1 Å². The predicted molar refractivity (Wildman–Crippen MR) is 128 cm³/mol. The molecule has 3 aromatic heterocycles. The van der Waals surface area contributed by atoms with Crippen LogP contribution in [0.4, 0.5) is 0 Å². The summed E-state index contributed by atoms with van der Waals surface area (Å²) in [5.74, 6) is 0. The number of hydrogen-bond acceptors (Lipinski definition) is 2. The first-order chi connectivity index (χ1) is 14.6. The van der Waals surface area contributed by atoms with Gasteiger partial charge in [-0.05, 0) is 59.8 Å². The Morgan fingerprint density at radius 3 is 2.48 bits per heavy atom. The molecule has 0 aliphatic heterocycles. The molecule has 1 aliphatic carbocycles. The van der Waals surface area contributed by atoms with Gasteiger partial charge in [0, 0.05) is 23.2 Å². The zero-order valence-corrected chi connectivity index (χ0v) is 19.9. The number of furan rings is 1. The Labute approximate surface area is 185 Å². The van der Waals surface area contributed by atoms with E-state index >= 15 is 0 Å². The van der Waals surface area contributed by atoms with Gasteiger partial charge in [0.05, 0.1) is 10.9 Å². The highest BCUT2D eigenvalue weighted by Crippen LogP contribution is 2.50. The van der Waals surface area contributed by atoms with E-state index in [1.54, 1.807) is 0 Å². The second kappa shape index (κ2) is 6.66. The van der Waals surface area contributed by atoms with Crippen LogP contribution in [0.3, 0.4) is 0 Å². The number of aromatic nitrogens is 2. The molecule has 1 aromatic carbocycles. The van der Waals surface area contributed by atoms with E-state index in [2.05, 4.69) is 89.8 Å². The molecule has 4 aromatic rings. The van der Waals surface area contributed by atoms with Gasteiger partial charge in [-0.1, -0.05) is 46.8 Å². The maximum atomic E-state index is 6.53. The smallest absolute Gasteiger partial charge is 0.227 e. The lowest BCUT2D eigenvalue weighted by Gasteiger charge is -2.41. The summed E-state index contributed by atoms with van der Waals surface area (Å²) in [6, 6.07) is 8.92. The van der Waals surface area contributed by atoms with Gasteiger partial charge < -0.3 is 4.42 Å². The van der Waals surface area contributed by atoms with Gasteiger partial charge in [0.25, 0.3) is 0 Å². The fourth-order valence-corrected chi connectivity index (χ4v) is 5.45. The summed E-state index contributed by atoms with van der Waals surface area (Å²) in [6.07, 6.45) is 7.68. The first-order valence-corrected chi connectivity index (χ1v) is 11.5. The van der Waals surface area contributed by atoms with Crippen molar-refractivity contribution < 1.29 is 8.98 Å². The minimum Gasteiger partial charge on any atom is -0.437 e. The first-order valence-electron chi connectivity index (χ1n) is 11.5. The highest BCUT2D eigenvalue weighted by atomic mass is 16.3. The molecule has 1 aliphatic rings. The van der Waals surface area contributed by atoms with Crippen LogP contribution in [-0.4, -0.2) is 4.98 Å². The maximum absolute atomic E-state index is 6.53. The molecule has 0 amide bonds. The first kappa shape index (κ1) is 20.2. The fourth-order valence-electron chi connectivity index (χ4n) is 5.45. The number of benzene rings is 1. The summed E-state index contributed by atoms with van der Waals surface area (Å²) in [4.78, 5) is 4.83. The van der Waals surface area contributed by atoms with Crippen LogP contribution in [-0.2, 0) is 24.3 Å². The molecule has 0 radical (unpaired) electrons. The summed E-state index contributed by atoms with van der Waals surface area (Å²) >= 11 is 0. The molecule has 3 heteroatoms. The van der Waals surface area contributed by atoms with Crippen molar-refractivity contribution in [3.05, 3.63) is 58.9 Å². The lowest BCUT2D eigenvalue weighted by atomic mass is 9.63. The highest BCUT2D eigenvalue weighted by molar-refractivity contribution is 6.10. The summed E-state index contributed by atoms with van der Waals surface area (Å²) < 4.78 is 8.76. The third-order valence-corrected chi connectivity index (χ3v) is 7.52. The van der Waals surface area contributed by atoms with Crippen molar-refractivity contribution in [2.75, 3.05) is 0 Å². The van der Waals surface area contributed by atoms with Crippen LogP contribution in [0.15, 0.2) is 41.1 Å². The number of pyridine rings is 2. The molecule has 31 heavy (non-hydrogen) atoms. The van der Waals surface area contributed by atoms with Gasteiger partial charge in [0.1, 0.15) is 7.05 Å². The van der Waals surface area contributed by atoms with Crippen LogP contribution >= 0.6 is 0 Å². The Kier molecular flexibility index (Phi) is 4.35. The van der Waals surface area contributed by atoms with Crippen LogP contribution in [0.5, 0.6) is 0 Å². The molecule has 160 valence electrons. The van der Waals surface area contributed by atoms with Crippen molar-refractivity contribution in [3.8, 4) is 11.3 Å². The van der Waals surface area contributed by atoms with Crippen LogP contribution in [0, 0.1) is 6.92 Å².